The van der Waals surface area contributed by atoms with Crippen molar-refractivity contribution in [2.24, 2.45) is 0 Å². The number of anilines is 3. The molecule has 1 aromatic heterocycles. The van der Waals surface area contributed by atoms with Crippen LogP contribution in [-0.4, -0.2) is 48.6 Å². The number of hydrogen-bond acceptors (Lipinski definition) is 5. The van der Waals surface area contributed by atoms with Crippen LogP contribution >= 0.6 is 0 Å². The fraction of sp³-hybridized carbons (Fsp3) is 0.450. The van der Waals surface area contributed by atoms with E-state index in [1.165, 1.54) is 12.8 Å². The molecular weight excluding hydrogens is 326 g/mol. The Morgan fingerprint density at radius 3 is 2.42 bits per heavy atom. The second-order valence-electron chi connectivity index (χ2n) is 6.87. The molecule has 1 amide bonds. The Balaban J connectivity index is 1.55. The molecule has 6 heteroatoms. The highest BCUT2D eigenvalue weighted by molar-refractivity contribution is 5.97. The zero-order valence-corrected chi connectivity index (χ0v) is 15.3. The highest BCUT2D eigenvalue weighted by Crippen LogP contribution is 2.24. The molecule has 2 aliphatic heterocycles. The summed E-state index contributed by atoms with van der Waals surface area (Å²) in [5.41, 5.74) is 2.00. The summed E-state index contributed by atoms with van der Waals surface area (Å²) >= 11 is 0. The van der Waals surface area contributed by atoms with Crippen molar-refractivity contribution in [3.8, 4) is 0 Å². The number of piperazine rings is 1. The number of amides is 1. The molecule has 4 rings (SSSR count). The van der Waals surface area contributed by atoms with Gasteiger partial charge in [-0.25, -0.2) is 4.98 Å². The van der Waals surface area contributed by atoms with Gasteiger partial charge in [0, 0.05) is 43.6 Å². The van der Waals surface area contributed by atoms with Gasteiger partial charge < -0.3 is 14.7 Å². The minimum absolute atomic E-state index is 0.113. The molecule has 0 saturated carbocycles. The van der Waals surface area contributed by atoms with E-state index in [2.05, 4.69) is 16.7 Å². The minimum atomic E-state index is 0.113. The second-order valence-corrected chi connectivity index (χ2v) is 6.87. The van der Waals surface area contributed by atoms with E-state index >= 15 is 0 Å². The smallest absolute Gasteiger partial charge is 0.246 e. The van der Waals surface area contributed by atoms with Crippen molar-refractivity contribution in [3.05, 3.63) is 42.1 Å². The van der Waals surface area contributed by atoms with Gasteiger partial charge in [0.15, 0.2) is 0 Å². The summed E-state index contributed by atoms with van der Waals surface area (Å²) in [6, 6.07) is 11.9. The van der Waals surface area contributed by atoms with Crippen LogP contribution in [0.5, 0.6) is 0 Å². The van der Waals surface area contributed by atoms with Crippen LogP contribution in [0.1, 0.15) is 25.5 Å². The lowest BCUT2D eigenvalue weighted by Crippen LogP contribution is -2.51. The van der Waals surface area contributed by atoms with Crippen molar-refractivity contribution in [2.45, 2.75) is 26.2 Å². The van der Waals surface area contributed by atoms with Crippen LogP contribution in [-0.2, 0) is 11.2 Å². The van der Waals surface area contributed by atoms with Gasteiger partial charge in [-0.1, -0.05) is 25.1 Å². The number of aryl methyl sites for hydroxylation is 1. The molecule has 26 heavy (non-hydrogen) atoms. The lowest BCUT2D eigenvalue weighted by Gasteiger charge is -2.35. The summed E-state index contributed by atoms with van der Waals surface area (Å²) in [5.74, 6) is 1.80. The zero-order valence-electron chi connectivity index (χ0n) is 15.3. The maximum atomic E-state index is 12.7. The Bertz CT molecular complexity index is 773. The average Bonchev–Trinajstić information content (AvgIpc) is 3.23. The van der Waals surface area contributed by atoms with Crippen LogP contribution in [0.2, 0.25) is 0 Å². The van der Waals surface area contributed by atoms with E-state index < -0.39 is 0 Å². The summed E-state index contributed by atoms with van der Waals surface area (Å²) in [7, 11) is 0. The third-order valence-electron chi connectivity index (χ3n) is 5.12. The summed E-state index contributed by atoms with van der Waals surface area (Å²) in [4.78, 5) is 28.4. The summed E-state index contributed by atoms with van der Waals surface area (Å²) in [6.07, 6.45) is 3.26. The molecule has 0 unspecified atom stereocenters. The van der Waals surface area contributed by atoms with Crippen LogP contribution in [0.4, 0.5) is 17.5 Å². The Morgan fingerprint density at radius 2 is 1.73 bits per heavy atom. The fourth-order valence-electron chi connectivity index (χ4n) is 3.62. The SMILES string of the molecule is CCc1cc(N2CCN(c3ccccc3)C(=O)C2)nc(N2CCCC2)n1. The number of para-hydroxylation sites is 1. The predicted octanol–water partition coefficient (Wildman–Crippen LogP) is 2.49. The van der Waals surface area contributed by atoms with Crippen molar-refractivity contribution in [3.63, 3.8) is 0 Å². The largest absolute Gasteiger partial charge is 0.345 e. The molecule has 0 radical (unpaired) electrons. The van der Waals surface area contributed by atoms with Gasteiger partial charge in [-0.15, -0.1) is 0 Å². The number of nitrogens with zero attached hydrogens (tertiary/aromatic N) is 5. The van der Waals surface area contributed by atoms with Crippen molar-refractivity contribution in [1.29, 1.82) is 0 Å². The van der Waals surface area contributed by atoms with Crippen molar-refractivity contribution < 1.29 is 4.79 Å². The highest BCUT2D eigenvalue weighted by atomic mass is 16.2. The molecule has 2 saturated heterocycles. The topological polar surface area (TPSA) is 52.6 Å². The molecule has 0 N–H and O–H groups in total. The molecule has 0 atom stereocenters. The van der Waals surface area contributed by atoms with Crippen molar-refractivity contribution >= 4 is 23.4 Å². The van der Waals surface area contributed by atoms with Crippen LogP contribution < -0.4 is 14.7 Å². The van der Waals surface area contributed by atoms with Gasteiger partial charge in [0.25, 0.3) is 0 Å². The molecular formula is C20H25N5O. The van der Waals surface area contributed by atoms with Gasteiger partial charge in [0.1, 0.15) is 5.82 Å². The van der Waals surface area contributed by atoms with E-state index in [1.54, 1.807) is 0 Å². The third-order valence-corrected chi connectivity index (χ3v) is 5.12. The van der Waals surface area contributed by atoms with Crippen LogP contribution in [0.15, 0.2) is 36.4 Å². The van der Waals surface area contributed by atoms with Crippen LogP contribution in [0, 0.1) is 0 Å². The molecule has 6 nitrogen and oxygen atoms in total. The van der Waals surface area contributed by atoms with E-state index in [-0.39, 0.29) is 5.91 Å². The number of hydrogen-bond donors (Lipinski definition) is 0. The Kier molecular flexibility index (Phi) is 4.73. The molecule has 3 heterocycles. The normalized spacial score (nSPS) is 17.9. The maximum absolute atomic E-state index is 12.7. The van der Waals surface area contributed by atoms with Gasteiger partial charge in [0.05, 0.1) is 6.54 Å². The lowest BCUT2D eigenvalue weighted by molar-refractivity contribution is -0.117. The average molecular weight is 351 g/mol. The Morgan fingerprint density at radius 1 is 0.962 bits per heavy atom. The van der Waals surface area contributed by atoms with E-state index in [1.807, 2.05) is 41.3 Å². The van der Waals surface area contributed by atoms with Gasteiger partial charge >= 0.3 is 0 Å². The van der Waals surface area contributed by atoms with E-state index in [9.17, 15) is 4.79 Å². The quantitative estimate of drug-likeness (QED) is 0.847. The van der Waals surface area contributed by atoms with Gasteiger partial charge in [-0.3, -0.25) is 4.79 Å². The van der Waals surface area contributed by atoms with Gasteiger partial charge in [-0.05, 0) is 31.4 Å². The molecule has 1 aromatic carbocycles. The summed E-state index contributed by atoms with van der Waals surface area (Å²) < 4.78 is 0. The number of rotatable bonds is 4. The summed E-state index contributed by atoms with van der Waals surface area (Å²) in [6.45, 7) is 5.96. The first-order valence-corrected chi connectivity index (χ1v) is 9.48. The molecule has 2 aliphatic rings. The molecule has 0 bridgehead atoms. The third kappa shape index (κ3) is 3.36. The number of benzene rings is 1. The van der Waals surface area contributed by atoms with Crippen molar-refractivity contribution in [2.75, 3.05) is 47.4 Å². The monoisotopic (exact) mass is 351 g/mol. The first kappa shape index (κ1) is 16.8. The second kappa shape index (κ2) is 7.32. The van der Waals surface area contributed by atoms with E-state index in [0.717, 1.165) is 49.2 Å². The first-order chi connectivity index (χ1) is 12.7. The molecule has 136 valence electrons. The molecule has 0 aliphatic carbocycles. The summed E-state index contributed by atoms with van der Waals surface area (Å²) in [5, 5.41) is 0. The van der Waals surface area contributed by atoms with Crippen molar-refractivity contribution in [1.82, 2.24) is 9.97 Å². The zero-order chi connectivity index (χ0) is 17.9. The maximum Gasteiger partial charge on any atom is 0.246 e. The van der Waals surface area contributed by atoms with E-state index in [0.29, 0.717) is 13.1 Å². The van der Waals surface area contributed by atoms with Crippen LogP contribution in [0.25, 0.3) is 0 Å². The standard InChI is InChI=1S/C20H25N5O/c1-2-16-14-18(22-20(21-16)23-10-6-7-11-23)24-12-13-25(19(26)15-24)17-8-4-3-5-9-17/h3-5,8-9,14H,2,6-7,10-13,15H2,1H3. The highest BCUT2D eigenvalue weighted by Gasteiger charge is 2.27. The fourth-order valence-corrected chi connectivity index (χ4v) is 3.62. The minimum Gasteiger partial charge on any atom is -0.345 e. The van der Waals surface area contributed by atoms with E-state index in [4.69, 9.17) is 9.97 Å². The first-order valence-electron chi connectivity index (χ1n) is 9.48. The molecule has 2 fully saturated rings. The molecule has 2 aromatic rings. The molecule has 0 spiro atoms. The van der Waals surface area contributed by atoms with Crippen LogP contribution in [0.3, 0.4) is 0 Å². The Labute approximate surface area is 154 Å². The number of carbonyl (C=O) groups is 1. The number of carbonyl (C=O) groups excluding carboxylic acids is 1. The van der Waals surface area contributed by atoms with Gasteiger partial charge in [-0.2, -0.15) is 4.98 Å². The lowest BCUT2D eigenvalue weighted by atomic mass is 10.2. The Hall–Kier alpha value is -2.63. The van der Waals surface area contributed by atoms with Gasteiger partial charge in [0.2, 0.25) is 11.9 Å². The number of aromatic nitrogens is 2. The predicted molar refractivity (Wildman–Crippen MR) is 104 cm³/mol.